The van der Waals surface area contributed by atoms with E-state index in [9.17, 15) is 87.6 Å². The number of halogens is 17. The Balaban J connectivity index is 0. The van der Waals surface area contributed by atoms with Gasteiger partial charge in [0, 0.05) is 13.1 Å². The highest BCUT2D eigenvalue weighted by Gasteiger charge is 2.96. The summed E-state index contributed by atoms with van der Waals surface area (Å²) in [6.07, 6.45) is -7.93. The molecule has 0 aliphatic carbocycles. The molecular formula is C12H14F17N2O6PS. The fraction of sp³-hybridized carbons (Fsp3) is 1.00. The smallest absolute Gasteiger partial charge is 0.344 e. The third-order valence-corrected chi connectivity index (χ3v) is 6.85. The first-order valence-corrected chi connectivity index (χ1v) is 11.5. The number of hydrogen-bond donors (Lipinski definition) is 3. The molecule has 0 radical (unpaired) electrons. The quantitative estimate of drug-likeness (QED) is 0.188. The van der Waals surface area contributed by atoms with E-state index >= 15 is 0 Å². The Bertz CT molecular complexity index is 1010. The molecule has 0 saturated carbocycles. The van der Waals surface area contributed by atoms with Crippen LogP contribution in [0.15, 0.2) is 0 Å². The number of hydrogen-bond acceptors (Lipinski definition) is 5. The number of nitrogens with zero attached hydrogens (tertiary/aromatic N) is 1. The molecule has 0 amide bonds. The van der Waals surface area contributed by atoms with Crippen molar-refractivity contribution in [2.75, 3.05) is 19.7 Å². The van der Waals surface area contributed by atoms with E-state index in [2.05, 4.69) is 4.52 Å². The average molecular weight is 668 g/mol. The monoisotopic (exact) mass is 668 g/mol. The maximum atomic E-state index is 14.1. The van der Waals surface area contributed by atoms with Crippen molar-refractivity contribution in [1.82, 2.24) is 10.5 Å². The molecule has 0 aliphatic rings. The molecule has 0 saturated heterocycles. The summed E-state index contributed by atoms with van der Waals surface area (Å²) in [6, 6.07) is 0. The third kappa shape index (κ3) is 6.05. The molecular weight excluding hydrogens is 654 g/mol. The molecule has 5 N–H and O–H groups in total. The first kappa shape index (κ1) is 39.9. The molecule has 0 rings (SSSR count). The Morgan fingerprint density at radius 2 is 0.974 bits per heavy atom. The molecule has 0 unspecified atom stereocenters. The van der Waals surface area contributed by atoms with Crippen LogP contribution >= 0.6 is 7.82 Å². The number of phosphoric acid groups is 1. The maximum Gasteiger partial charge on any atom is 0.469 e. The number of alkyl halides is 17. The highest BCUT2D eigenvalue weighted by atomic mass is 32.2. The predicted molar refractivity (Wildman–Crippen MR) is 89.9 cm³/mol. The fourth-order valence-electron chi connectivity index (χ4n) is 2.18. The highest BCUT2D eigenvalue weighted by molar-refractivity contribution is 7.90. The Labute approximate surface area is 204 Å². The van der Waals surface area contributed by atoms with Gasteiger partial charge in [-0.1, -0.05) is 6.92 Å². The van der Waals surface area contributed by atoms with Gasteiger partial charge in [-0.2, -0.15) is 78.9 Å². The van der Waals surface area contributed by atoms with Gasteiger partial charge in [-0.05, 0) is 0 Å². The van der Waals surface area contributed by atoms with Gasteiger partial charge < -0.3 is 15.9 Å². The molecule has 0 spiro atoms. The standard InChI is InChI=1S/C12H11F17NO6PS.H3N/c1-2-30(3-4-36-37(31,32)33)38(34,35)12(28,29)10(23,24)8(19,20)6(15,16)5(13,14)7(17,18)9(21,22)11(25,26)27;/h2-4H2,1H3,(H2,31,32,33);1H3. The van der Waals surface area contributed by atoms with Crippen LogP contribution in [0.25, 0.3) is 0 Å². The first-order valence-electron chi connectivity index (χ1n) is 8.58. The van der Waals surface area contributed by atoms with Crippen LogP contribution in [0, 0.1) is 0 Å². The van der Waals surface area contributed by atoms with Crippen LogP contribution in [-0.4, -0.2) is 89.2 Å². The van der Waals surface area contributed by atoms with Crippen molar-refractivity contribution in [2.45, 2.75) is 53.9 Å². The Morgan fingerprint density at radius 3 is 1.26 bits per heavy atom. The molecule has 0 aromatic carbocycles. The van der Waals surface area contributed by atoms with Crippen LogP contribution in [0.4, 0.5) is 74.6 Å². The molecule has 0 atom stereocenters. The van der Waals surface area contributed by atoms with Gasteiger partial charge in [0.2, 0.25) is 0 Å². The zero-order valence-electron chi connectivity index (χ0n) is 18.1. The SMILES string of the molecule is CCN(CCOP(=O)(O)O)S(=O)(=O)C(F)(F)C(F)(F)C(F)(F)C(F)(F)C(F)(F)C(F)(F)C(F)(F)C(F)(F)F.N. The van der Waals surface area contributed by atoms with Gasteiger partial charge in [0.1, 0.15) is 0 Å². The van der Waals surface area contributed by atoms with E-state index in [0.29, 0.717) is 6.92 Å². The Morgan fingerprint density at radius 1 is 0.667 bits per heavy atom. The van der Waals surface area contributed by atoms with Crippen molar-refractivity contribution >= 4 is 17.8 Å². The second kappa shape index (κ2) is 10.9. The van der Waals surface area contributed by atoms with Crippen molar-refractivity contribution in [3.05, 3.63) is 0 Å². The van der Waals surface area contributed by atoms with Gasteiger partial charge in [0.05, 0.1) is 6.61 Å². The van der Waals surface area contributed by atoms with Crippen molar-refractivity contribution in [2.24, 2.45) is 0 Å². The second-order valence-corrected chi connectivity index (χ2v) is 10.0. The highest BCUT2D eigenvalue weighted by Crippen LogP contribution is 2.64. The normalized spacial score (nSPS) is 15.9. The predicted octanol–water partition coefficient (Wildman–Crippen LogP) is 4.88. The first-order chi connectivity index (χ1) is 16.2. The van der Waals surface area contributed by atoms with Crippen molar-refractivity contribution < 1.29 is 102 Å². The van der Waals surface area contributed by atoms with E-state index in [-0.39, 0.29) is 6.15 Å². The lowest BCUT2D eigenvalue weighted by Crippen LogP contribution is -2.75. The molecule has 238 valence electrons. The van der Waals surface area contributed by atoms with Crippen molar-refractivity contribution in [1.29, 1.82) is 0 Å². The van der Waals surface area contributed by atoms with Gasteiger partial charge in [0.15, 0.2) is 0 Å². The molecule has 0 fully saturated rings. The maximum absolute atomic E-state index is 14.1. The number of rotatable bonds is 13. The lowest BCUT2D eigenvalue weighted by Gasteiger charge is -2.43. The molecule has 39 heavy (non-hydrogen) atoms. The second-order valence-electron chi connectivity index (χ2n) is 6.78. The van der Waals surface area contributed by atoms with Crippen LogP contribution in [0.5, 0.6) is 0 Å². The van der Waals surface area contributed by atoms with Gasteiger partial charge >= 0.3 is 54.8 Å². The minimum Gasteiger partial charge on any atom is -0.344 e. The molecule has 0 aliphatic heterocycles. The summed E-state index contributed by atoms with van der Waals surface area (Å²) in [5.74, 6) is -52.3. The van der Waals surface area contributed by atoms with E-state index in [0.717, 1.165) is 0 Å². The summed E-state index contributed by atoms with van der Waals surface area (Å²) < 4.78 is 262. The van der Waals surface area contributed by atoms with Gasteiger partial charge in [-0.25, -0.2) is 13.0 Å². The van der Waals surface area contributed by atoms with Crippen molar-refractivity contribution in [3.8, 4) is 0 Å². The van der Waals surface area contributed by atoms with Crippen LogP contribution in [0.2, 0.25) is 0 Å². The molecule has 27 heteroatoms. The van der Waals surface area contributed by atoms with Crippen LogP contribution in [0.3, 0.4) is 0 Å². The molecule has 0 bridgehead atoms. The van der Waals surface area contributed by atoms with Gasteiger partial charge in [0.25, 0.3) is 10.0 Å². The van der Waals surface area contributed by atoms with Gasteiger partial charge in [-0.15, -0.1) is 0 Å². The Hall–Kier alpha value is -1.21. The summed E-state index contributed by atoms with van der Waals surface area (Å²) in [5.41, 5.74) is 0. The fourth-order valence-corrected chi connectivity index (χ4v) is 3.93. The topological polar surface area (TPSA) is 139 Å². The van der Waals surface area contributed by atoms with Crippen LogP contribution < -0.4 is 6.15 Å². The summed E-state index contributed by atoms with van der Waals surface area (Å²) in [7, 11) is -13.1. The van der Waals surface area contributed by atoms with E-state index in [1.807, 2.05) is 0 Å². The minimum absolute atomic E-state index is 0. The van der Waals surface area contributed by atoms with Crippen molar-refractivity contribution in [3.63, 3.8) is 0 Å². The van der Waals surface area contributed by atoms with E-state index < -0.39 is 88.8 Å². The summed E-state index contributed by atoms with van der Waals surface area (Å²) in [6.45, 7) is -4.73. The minimum atomic E-state index is -8.96. The summed E-state index contributed by atoms with van der Waals surface area (Å²) in [4.78, 5) is 16.7. The number of sulfonamides is 1. The van der Waals surface area contributed by atoms with Gasteiger partial charge in [-0.3, -0.25) is 4.52 Å². The zero-order chi connectivity index (χ0) is 31.4. The van der Waals surface area contributed by atoms with Crippen LogP contribution in [0.1, 0.15) is 6.92 Å². The van der Waals surface area contributed by atoms with E-state index in [1.165, 1.54) is 0 Å². The van der Waals surface area contributed by atoms with E-state index in [1.54, 1.807) is 0 Å². The lowest BCUT2D eigenvalue weighted by molar-refractivity contribution is -0.458. The Kier molecular flexibility index (Phi) is 11.1. The number of likely N-dealkylation sites (N-methyl/N-ethyl adjacent to an activating group) is 1. The number of phosphoric ester groups is 1. The largest absolute Gasteiger partial charge is 0.469 e. The average Bonchev–Trinajstić information content (AvgIpc) is 2.68. The molecule has 8 nitrogen and oxygen atoms in total. The lowest BCUT2D eigenvalue weighted by atomic mass is 9.91. The zero-order valence-corrected chi connectivity index (χ0v) is 19.8. The molecule has 0 aromatic heterocycles. The van der Waals surface area contributed by atoms with E-state index in [4.69, 9.17) is 9.79 Å². The van der Waals surface area contributed by atoms with Crippen LogP contribution in [-0.2, 0) is 19.1 Å². The molecule has 0 aromatic rings. The third-order valence-electron chi connectivity index (χ3n) is 4.31. The summed E-state index contributed by atoms with van der Waals surface area (Å²) in [5, 5.41) is -7.76. The summed E-state index contributed by atoms with van der Waals surface area (Å²) >= 11 is 0. The molecule has 0 heterocycles.